The van der Waals surface area contributed by atoms with E-state index in [4.69, 9.17) is 0 Å². The summed E-state index contributed by atoms with van der Waals surface area (Å²) >= 11 is 0. The summed E-state index contributed by atoms with van der Waals surface area (Å²) in [7, 11) is 0. The third-order valence-electron chi connectivity index (χ3n) is 7.48. The summed E-state index contributed by atoms with van der Waals surface area (Å²) in [5.74, 6) is 0.236. The highest BCUT2D eigenvalue weighted by molar-refractivity contribution is 6.01. The number of aliphatic hydroxyl groups excluding tert-OH is 2. The number of Topliss-reactive ketones (excluding diaryl/α,β-unsaturated/α-hetero) is 1. The number of rotatable bonds is 4. The number of hydrogen-bond acceptors (Lipinski definition) is 4. The molecule has 3 aliphatic carbocycles. The minimum absolute atomic E-state index is 0.0268. The lowest BCUT2D eigenvalue weighted by Crippen LogP contribution is -2.49. The van der Waals surface area contributed by atoms with E-state index >= 15 is 0 Å². The van der Waals surface area contributed by atoms with Gasteiger partial charge in [-0.3, -0.25) is 9.59 Å². The van der Waals surface area contributed by atoms with Gasteiger partial charge in [0.25, 0.3) is 0 Å². The van der Waals surface area contributed by atoms with Crippen molar-refractivity contribution in [2.45, 2.75) is 59.0 Å². The van der Waals surface area contributed by atoms with Gasteiger partial charge in [0.15, 0.2) is 11.6 Å². The van der Waals surface area contributed by atoms with Crippen molar-refractivity contribution in [3.05, 3.63) is 23.8 Å². The van der Waals surface area contributed by atoms with Gasteiger partial charge in [0.1, 0.15) is 6.61 Å². The highest BCUT2D eigenvalue weighted by Crippen LogP contribution is 2.60. The molecule has 5 unspecified atom stereocenters. The molecule has 0 aromatic heterocycles. The first kappa shape index (κ1) is 18.5. The molecule has 0 radical (unpaired) electrons. The molecule has 0 heterocycles. The zero-order valence-electron chi connectivity index (χ0n) is 15.5. The largest absolute Gasteiger partial charge is 0.393 e. The lowest BCUT2D eigenvalue weighted by molar-refractivity contribution is -0.133. The second kappa shape index (κ2) is 6.48. The molecule has 0 aliphatic heterocycles. The number of carbonyl (C=O) groups is 2. The third kappa shape index (κ3) is 2.83. The monoisotopic (exact) mass is 346 g/mol. The standard InChI is InChI=1S/C21H30O4/c1-4-13-9-15(23)7-8-20(13,2)17-10-14-5-6-16(19(25)12-22)21(14,3)11-18(17)24/h7-9,14,16-18,22,24H,4-6,10-12H2,1-3H3/t14?,16?,17?,18?,20?,21-/m1/s1. The summed E-state index contributed by atoms with van der Waals surface area (Å²) in [4.78, 5) is 24.0. The predicted octanol–water partition coefficient (Wildman–Crippen LogP) is 2.83. The molecule has 0 spiro atoms. The molecule has 0 aromatic carbocycles. The molecule has 0 amide bonds. The molecule has 2 N–H and O–H groups in total. The van der Waals surface area contributed by atoms with E-state index in [0.717, 1.165) is 31.3 Å². The minimum atomic E-state index is -0.508. The molecule has 4 nitrogen and oxygen atoms in total. The summed E-state index contributed by atoms with van der Waals surface area (Å²) < 4.78 is 0. The first-order valence-electron chi connectivity index (χ1n) is 9.52. The van der Waals surface area contributed by atoms with Gasteiger partial charge in [-0.1, -0.05) is 32.4 Å². The van der Waals surface area contributed by atoms with Crippen LogP contribution in [0, 0.1) is 28.6 Å². The SMILES string of the molecule is CCC1=CC(=O)C=CC1(C)C1CC2CCC(C(=O)CO)[C@]2(C)CC1O. The smallest absolute Gasteiger partial charge is 0.178 e. The van der Waals surface area contributed by atoms with Crippen molar-refractivity contribution in [1.82, 2.24) is 0 Å². The van der Waals surface area contributed by atoms with Gasteiger partial charge < -0.3 is 10.2 Å². The van der Waals surface area contributed by atoms with Crippen molar-refractivity contribution >= 4 is 11.6 Å². The van der Waals surface area contributed by atoms with Crippen LogP contribution >= 0.6 is 0 Å². The molecule has 4 heteroatoms. The first-order chi connectivity index (χ1) is 11.8. The third-order valence-corrected chi connectivity index (χ3v) is 7.48. The molecule has 0 bridgehead atoms. The second-order valence-electron chi connectivity index (χ2n) is 8.61. The van der Waals surface area contributed by atoms with Crippen molar-refractivity contribution in [2.24, 2.45) is 28.6 Å². The molecule has 3 aliphatic rings. The Kier molecular flexibility index (Phi) is 4.80. The fourth-order valence-electron chi connectivity index (χ4n) is 5.93. The Morgan fingerprint density at radius 1 is 1.32 bits per heavy atom. The quantitative estimate of drug-likeness (QED) is 0.821. The summed E-state index contributed by atoms with van der Waals surface area (Å²) in [6.07, 6.45) is 8.86. The Labute approximate surface area is 150 Å². The first-order valence-corrected chi connectivity index (χ1v) is 9.52. The number of allylic oxidation sites excluding steroid dienone is 4. The highest BCUT2D eigenvalue weighted by Gasteiger charge is 2.57. The fourth-order valence-corrected chi connectivity index (χ4v) is 5.93. The van der Waals surface area contributed by atoms with E-state index in [1.54, 1.807) is 12.2 Å². The van der Waals surface area contributed by atoms with Crippen LogP contribution in [0.4, 0.5) is 0 Å². The van der Waals surface area contributed by atoms with Crippen LogP contribution in [0.15, 0.2) is 23.8 Å². The lowest BCUT2D eigenvalue weighted by Gasteiger charge is -2.51. The molecule has 138 valence electrons. The van der Waals surface area contributed by atoms with Gasteiger partial charge in [-0.05, 0) is 61.5 Å². The molecule has 2 saturated carbocycles. The average Bonchev–Trinajstić information content (AvgIpc) is 2.91. The van der Waals surface area contributed by atoms with Gasteiger partial charge in [-0.25, -0.2) is 0 Å². The summed E-state index contributed by atoms with van der Waals surface area (Å²) in [6, 6.07) is 0. The Morgan fingerprint density at radius 3 is 2.68 bits per heavy atom. The van der Waals surface area contributed by atoms with Crippen molar-refractivity contribution in [3.63, 3.8) is 0 Å². The van der Waals surface area contributed by atoms with Crippen LogP contribution in [0.5, 0.6) is 0 Å². The van der Waals surface area contributed by atoms with Gasteiger partial charge in [0.2, 0.25) is 0 Å². The lowest BCUT2D eigenvalue weighted by atomic mass is 9.54. The summed E-state index contributed by atoms with van der Waals surface area (Å²) in [5, 5.41) is 20.3. The average molecular weight is 346 g/mol. The fraction of sp³-hybridized carbons (Fsp3) is 0.714. The molecule has 0 aromatic rings. The van der Waals surface area contributed by atoms with Crippen LogP contribution < -0.4 is 0 Å². The van der Waals surface area contributed by atoms with E-state index in [9.17, 15) is 19.8 Å². The van der Waals surface area contributed by atoms with Crippen LogP contribution in [0.1, 0.15) is 52.9 Å². The number of ketones is 2. The zero-order valence-corrected chi connectivity index (χ0v) is 15.5. The number of hydrogen-bond donors (Lipinski definition) is 2. The second-order valence-corrected chi connectivity index (χ2v) is 8.61. The number of carbonyl (C=O) groups excluding carboxylic acids is 2. The van der Waals surface area contributed by atoms with E-state index in [2.05, 4.69) is 20.8 Å². The number of fused-ring (bicyclic) bond motifs is 1. The molecular weight excluding hydrogens is 316 g/mol. The van der Waals surface area contributed by atoms with Crippen molar-refractivity contribution in [1.29, 1.82) is 0 Å². The molecule has 25 heavy (non-hydrogen) atoms. The molecular formula is C21H30O4. The van der Waals surface area contributed by atoms with Crippen molar-refractivity contribution in [2.75, 3.05) is 6.61 Å². The Bertz CT molecular complexity index is 634. The topological polar surface area (TPSA) is 74.6 Å². The Hall–Kier alpha value is -1.26. The van der Waals surface area contributed by atoms with Crippen LogP contribution in [0.2, 0.25) is 0 Å². The van der Waals surface area contributed by atoms with Gasteiger partial charge in [0, 0.05) is 11.3 Å². The minimum Gasteiger partial charge on any atom is -0.393 e. The molecule has 2 fully saturated rings. The van der Waals surface area contributed by atoms with E-state index in [1.807, 2.05) is 6.08 Å². The van der Waals surface area contributed by atoms with Gasteiger partial charge in [-0.2, -0.15) is 0 Å². The van der Waals surface area contributed by atoms with E-state index in [0.29, 0.717) is 12.3 Å². The summed E-state index contributed by atoms with van der Waals surface area (Å²) in [6.45, 7) is 5.90. The normalized spacial score (nSPS) is 43.7. The van der Waals surface area contributed by atoms with Gasteiger partial charge in [0.05, 0.1) is 6.10 Å². The van der Waals surface area contributed by atoms with Gasteiger partial charge >= 0.3 is 0 Å². The Morgan fingerprint density at radius 2 is 2.04 bits per heavy atom. The van der Waals surface area contributed by atoms with E-state index in [-0.39, 0.29) is 34.2 Å². The zero-order chi connectivity index (χ0) is 18.4. The molecule has 3 rings (SSSR count). The maximum atomic E-state index is 12.2. The van der Waals surface area contributed by atoms with Crippen molar-refractivity contribution in [3.8, 4) is 0 Å². The Balaban J connectivity index is 1.89. The maximum absolute atomic E-state index is 12.2. The van der Waals surface area contributed by atoms with Gasteiger partial charge in [-0.15, -0.1) is 0 Å². The van der Waals surface area contributed by atoms with E-state index in [1.165, 1.54) is 0 Å². The number of aliphatic hydroxyl groups is 2. The van der Waals surface area contributed by atoms with E-state index < -0.39 is 12.7 Å². The predicted molar refractivity (Wildman–Crippen MR) is 95.8 cm³/mol. The van der Waals surface area contributed by atoms with Crippen molar-refractivity contribution < 1.29 is 19.8 Å². The van der Waals surface area contributed by atoms with Crippen LogP contribution in [0.3, 0.4) is 0 Å². The highest BCUT2D eigenvalue weighted by atomic mass is 16.3. The van der Waals surface area contributed by atoms with Crippen LogP contribution in [-0.4, -0.2) is 34.5 Å². The van der Waals surface area contributed by atoms with Crippen LogP contribution in [-0.2, 0) is 9.59 Å². The summed E-state index contributed by atoms with van der Waals surface area (Å²) in [5.41, 5.74) is 0.562. The molecule has 6 atom stereocenters. The van der Waals surface area contributed by atoms with Crippen LogP contribution in [0.25, 0.3) is 0 Å². The molecule has 0 saturated heterocycles. The maximum Gasteiger partial charge on any atom is 0.178 e.